The van der Waals surface area contributed by atoms with Gasteiger partial charge in [0.1, 0.15) is 15.3 Å². The van der Waals surface area contributed by atoms with Crippen LogP contribution >= 0.6 is 11.3 Å². The Kier molecular flexibility index (Phi) is 3.88. The van der Waals surface area contributed by atoms with Gasteiger partial charge in [0.05, 0.1) is 18.5 Å². The lowest BCUT2D eigenvalue weighted by molar-refractivity contribution is 0.414. The summed E-state index contributed by atoms with van der Waals surface area (Å²) in [5, 5.41) is 6.45. The van der Waals surface area contributed by atoms with Gasteiger partial charge in [0, 0.05) is 36.8 Å². The average molecular weight is 366 g/mol. The maximum Gasteiger partial charge on any atom is 0.289 e. The minimum absolute atomic E-state index is 0.136. The molecule has 26 heavy (non-hydrogen) atoms. The Hall–Kier alpha value is -2.93. The quantitative estimate of drug-likeness (QED) is 0.556. The summed E-state index contributed by atoms with van der Waals surface area (Å²) in [6, 6.07) is 9.26. The third-order valence-corrected chi connectivity index (χ3v) is 5.45. The predicted molar refractivity (Wildman–Crippen MR) is 106 cm³/mol. The number of hydrogen-bond donors (Lipinski definition) is 0. The summed E-state index contributed by atoms with van der Waals surface area (Å²) in [7, 11) is 5.58. The molecule has 7 heteroatoms. The fourth-order valence-electron chi connectivity index (χ4n) is 3.12. The molecule has 0 saturated carbocycles. The van der Waals surface area contributed by atoms with Crippen molar-refractivity contribution < 1.29 is 4.74 Å². The number of anilines is 1. The van der Waals surface area contributed by atoms with E-state index in [0.29, 0.717) is 10.4 Å². The van der Waals surface area contributed by atoms with Crippen molar-refractivity contribution in [3.8, 4) is 11.4 Å². The zero-order chi connectivity index (χ0) is 18.4. The van der Waals surface area contributed by atoms with E-state index in [1.165, 1.54) is 16.0 Å². The van der Waals surface area contributed by atoms with E-state index in [9.17, 15) is 4.79 Å². The third-order valence-electron chi connectivity index (χ3n) is 4.37. The van der Waals surface area contributed by atoms with Gasteiger partial charge >= 0.3 is 0 Å². The molecule has 0 aliphatic carbocycles. The number of rotatable bonds is 3. The van der Waals surface area contributed by atoms with Crippen molar-refractivity contribution in [3.05, 3.63) is 52.6 Å². The van der Waals surface area contributed by atoms with Crippen LogP contribution in [0.25, 0.3) is 26.0 Å². The van der Waals surface area contributed by atoms with Crippen LogP contribution in [0, 0.1) is 6.92 Å². The normalized spacial score (nSPS) is 11.2. The molecule has 0 atom stereocenters. The lowest BCUT2D eigenvalue weighted by atomic mass is 10.1. The molecule has 0 bridgehead atoms. The number of pyridine rings is 1. The highest BCUT2D eigenvalue weighted by Crippen LogP contribution is 2.37. The maximum atomic E-state index is 13.1. The molecule has 0 N–H and O–H groups in total. The average Bonchev–Trinajstić information content (AvgIpc) is 3.05. The molecule has 0 amide bonds. The predicted octanol–water partition coefficient (Wildman–Crippen LogP) is 3.38. The Morgan fingerprint density at radius 1 is 1.12 bits per heavy atom. The fourth-order valence-corrected chi connectivity index (χ4v) is 4.26. The van der Waals surface area contributed by atoms with Gasteiger partial charge in [-0.15, -0.1) is 11.3 Å². The van der Waals surface area contributed by atoms with Gasteiger partial charge in [0.15, 0.2) is 0 Å². The first-order chi connectivity index (χ1) is 12.5. The molecule has 0 unspecified atom stereocenters. The Morgan fingerprint density at radius 2 is 1.85 bits per heavy atom. The molecule has 0 radical (unpaired) electrons. The molecule has 4 rings (SSSR count). The van der Waals surface area contributed by atoms with Crippen LogP contribution in [0.4, 0.5) is 5.69 Å². The number of ether oxygens (including phenoxy) is 1. The second-order valence-electron chi connectivity index (χ2n) is 6.21. The summed E-state index contributed by atoms with van der Waals surface area (Å²) in [4.78, 5) is 20.5. The van der Waals surface area contributed by atoms with Crippen LogP contribution in [0.3, 0.4) is 0 Å². The molecule has 0 aliphatic rings. The molecule has 4 aromatic rings. The highest BCUT2D eigenvalue weighted by Gasteiger charge is 2.19. The van der Waals surface area contributed by atoms with Crippen molar-refractivity contribution >= 4 is 37.3 Å². The molecule has 132 valence electrons. The second kappa shape index (κ2) is 6.10. The van der Waals surface area contributed by atoms with Crippen molar-refractivity contribution in [2.24, 2.45) is 0 Å². The molecular weight excluding hydrogens is 348 g/mol. The van der Waals surface area contributed by atoms with E-state index in [1.54, 1.807) is 13.3 Å². The van der Waals surface area contributed by atoms with E-state index in [1.807, 2.05) is 56.3 Å². The number of aromatic nitrogens is 3. The van der Waals surface area contributed by atoms with Crippen molar-refractivity contribution in [2.45, 2.75) is 6.92 Å². The molecule has 0 fully saturated rings. The van der Waals surface area contributed by atoms with Crippen LogP contribution in [0.5, 0.6) is 5.75 Å². The molecule has 0 saturated heterocycles. The van der Waals surface area contributed by atoms with E-state index in [-0.39, 0.29) is 5.56 Å². The number of benzene rings is 1. The van der Waals surface area contributed by atoms with Gasteiger partial charge in [0.2, 0.25) is 0 Å². The first-order valence-electron chi connectivity index (χ1n) is 8.14. The topological polar surface area (TPSA) is 60.2 Å². The Labute approximate surface area is 154 Å². The highest BCUT2D eigenvalue weighted by atomic mass is 32.1. The first kappa shape index (κ1) is 16.5. The van der Waals surface area contributed by atoms with Crippen LogP contribution in [-0.2, 0) is 0 Å². The van der Waals surface area contributed by atoms with Gasteiger partial charge in [-0.05, 0) is 37.3 Å². The van der Waals surface area contributed by atoms with Gasteiger partial charge in [0.25, 0.3) is 5.56 Å². The van der Waals surface area contributed by atoms with Gasteiger partial charge in [-0.1, -0.05) is 0 Å². The number of thiophene rings is 1. The highest BCUT2D eigenvalue weighted by molar-refractivity contribution is 7.25. The standard InChI is InChI=1S/C19H18N4O2S/c1-11-15-16-14(22(2)3)9-10-20-18(16)26-17(15)19(24)23(21-11)12-5-7-13(25-4)8-6-12/h5-10H,1-4H3. The zero-order valence-corrected chi connectivity index (χ0v) is 15.8. The zero-order valence-electron chi connectivity index (χ0n) is 15.0. The number of aryl methyl sites for hydroxylation is 1. The molecule has 1 aromatic carbocycles. The number of hydrogen-bond acceptors (Lipinski definition) is 6. The van der Waals surface area contributed by atoms with E-state index in [0.717, 1.165) is 32.7 Å². The van der Waals surface area contributed by atoms with Gasteiger partial charge < -0.3 is 9.64 Å². The summed E-state index contributed by atoms with van der Waals surface area (Å²) in [6.07, 6.45) is 1.78. The van der Waals surface area contributed by atoms with E-state index in [2.05, 4.69) is 10.1 Å². The largest absolute Gasteiger partial charge is 0.497 e. The van der Waals surface area contributed by atoms with Crippen LogP contribution in [0.1, 0.15) is 5.69 Å². The third kappa shape index (κ3) is 2.43. The monoisotopic (exact) mass is 366 g/mol. The number of fused-ring (bicyclic) bond motifs is 3. The summed E-state index contributed by atoms with van der Waals surface area (Å²) >= 11 is 1.41. The summed E-state index contributed by atoms with van der Waals surface area (Å²) in [5.74, 6) is 0.737. The Balaban J connectivity index is 2.05. The van der Waals surface area contributed by atoms with E-state index >= 15 is 0 Å². The van der Waals surface area contributed by atoms with Crippen molar-refractivity contribution in [2.75, 3.05) is 26.1 Å². The van der Waals surface area contributed by atoms with Gasteiger partial charge in [-0.2, -0.15) is 9.78 Å². The Morgan fingerprint density at radius 3 is 2.50 bits per heavy atom. The number of methoxy groups -OCH3 is 1. The lowest BCUT2D eigenvalue weighted by Crippen LogP contribution is -2.21. The van der Waals surface area contributed by atoms with E-state index in [4.69, 9.17) is 4.74 Å². The van der Waals surface area contributed by atoms with Gasteiger partial charge in [-0.3, -0.25) is 4.79 Å². The van der Waals surface area contributed by atoms with Crippen LogP contribution in [-0.4, -0.2) is 36.0 Å². The van der Waals surface area contributed by atoms with Crippen molar-refractivity contribution in [3.63, 3.8) is 0 Å². The number of nitrogens with zero attached hydrogens (tertiary/aromatic N) is 4. The minimum Gasteiger partial charge on any atom is -0.497 e. The summed E-state index contributed by atoms with van der Waals surface area (Å²) < 4.78 is 7.30. The minimum atomic E-state index is -0.136. The van der Waals surface area contributed by atoms with Crippen molar-refractivity contribution in [1.82, 2.24) is 14.8 Å². The molecule has 6 nitrogen and oxygen atoms in total. The first-order valence-corrected chi connectivity index (χ1v) is 8.96. The summed E-state index contributed by atoms with van der Waals surface area (Å²) in [6.45, 7) is 1.93. The molecule has 3 heterocycles. The van der Waals surface area contributed by atoms with Gasteiger partial charge in [-0.25, -0.2) is 4.98 Å². The summed E-state index contributed by atoms with van der Waals surface area (Å²) in [5.41, 5.74) is 2.41. The smallest absolute Gasteiger partial charge is 0.289 e. The second-order valence-corrected chi connectivity index (χ2v) is 7.21. The molecular formula is C19H18N4O2S. The SMILES string of the molecule is COc1ccc(-n2nc(C)c3c(sc4nccc(N(C)C)c43)c2=O)cc1. The van der Waals surface area contributed by atoms with Crippen molar-refractivity contribution in [1.29, 1.82) is 0 Å². The Bertz CT molecular complexity index is 1180. The van der Waals surface area contributed by atoms with Crippen LogP contribution in [0.2, 0.25) is 0 Å². The molecule has 3 aromatic heterocycles. The fraction of sp³-hybridized carbons (Fsp3) is 0.211. The van der Waals surface area contributed by atoms with E-state index < -0.39 is 0 Å². The maximum absolute atomic E-state index is 13.1. The van der Waals surface area contributed by atoms with Crippen LogP contribution in [0.15, 0.2) is 41.3 Å². The lowest BCUT2D eigenvalue weighted by Gasteiger charge is -2.14. The molecule has 0 aliphatic heterocycles. The molecule has 0 spiro atoms. The van der Waals surface area contributed by atoms with Crippen LogP contribution < -0.4 is 15.2 Å².